The molecule has 0 N–H and O–H groups in total. The summed E-state index contributed by atoms with van der Waals surface area (Å²) in [7, 11) is 0. The van der Waals surface area contributed by atoms with Crippen LogP contribution in [0.3, 0.4) is 0 Å². The predicted molar refractivity (Wildman–Crippen MR) is 42.0 cm³/mol. The van der Waals surface area contributed by atoms with Gasteiger partial charge < -0.3 is 6.16 Å². The van der Waals surface area contributed by atoms with E-state index in [1.807, 2.05) is 0 Å². The SMILES string of the molecule is CCCCCC(=O)OC(C)=O.[H-].[Na+]. The maximum atomic E-state index is 10.7. The molecule has 0 atom stereocenters. The molecule has 0 bridgehead atoms. The zero-order valence-electron chi connectivity index (χ0n) is 9.05. The molecule has 0 rings (SSSR count). The van der Waals surface area contributed by atoms with Crippen molar-refractivity contribution in [2.24, 2.45) is 0 Å². The van der Waals surface area contributed by atoms with Crippen LogP contribution < -0.4 is 29.6 Å². The number of carbonyl (C=O) groups excluding carboxylic acids is 2. The van der Waals surface area contributed by atoms with E-state index in [4.69, 9.17) is 0 Å². The summed E-state index contributed by atoms with van der Waals surface area (Å²) in [5.41, 5.74) is 0. The van der Waals surface area contributed by atoms with Crippen molar-refractivity contribution in [3.63, 3.8) is 0 Å². The molecule has 0 amide bonds. The molecule has 0 radical (unpaired) electrons. The standard InChI is InChI=1S/C8H14O3.Na.H/c1-3-4-5-6-8(10)11-7(2)9;;/h3-6H2,1-2H3;;/q;+1;-1. The van der Waals surface area contributed by atoms with Crippen molar-refractivity contribution in [2.75, 3.05) is 0 Å². The van der Waals surface area contributed by atoms with Crippen LogP contribution in [0.1, 0.15) is 41.0 Å². The van der Waals surface area contributed by atoms with Crippen molar-refractivity contribution < 1.29 is 45.3 Å². The Morgan fingerprint density at radius 2 is 1.92 bits per heavy atom. The van der Waals surface area contributed by atoms with E-state index in [1.54, 1.807) is 0 Å². The maximum Gasteiger partial charge on any atom is 1.00 e. The molecule has 0 aliphatic heterocycles. The van der Waals surface area contributed by atoms with Crippen molar-refractivity contribution in [3.05, 3.63) is 0 Å². The second-order valence-electron chi connectivity index (χ2n) is 2.42. The largest absolute Gasteiger partial charge is 1.00 e. The van der Waals surface area contributed by atoms with E-state index in [1.165, 1.54) is 6.92 Å². The smallest absolute Gasteiger partial charge is 1.00 e. The Bertz CT molecular complexity index is 150. The fourth-order valence-electron chi connectivity index (χ4n) is 0.731. The Balaban J connectivity index is -0.000000500. The molecular formula is C8H15NaO3. The molecule has 0 aromatic rings. The zero-order valence-corrected chi connectivity index (χ0v) is 10.1. The summed E-state index contributed by atoms with van der Waals surface area (Å²) in [5, 5.41) is 0. The molecule has 0 aliphatic carbocycles. The van der Waals surface area contributed by atoms with Gasteiger partial charge in [0.2, 0.25) is 0 Å². The average Bonchev–Trinajstić information content (AvgIpc) is 1.86. The quantitative estimate of drug-likeness (QED) is 0.237. The van der Waals surface area contributed by atoms with Crippen LogP contribution in [-0.4, -0.2) is 11.9 Å². The Morgan fingerprint density at radius 3 is 2.33 bits per heavy atom. The summed E-state index contributed by atoms with van der Waals surface area (Å²) in [5.74, 6) is -0.933. The Labute approximate surface area is 96.6 Å². The molecule has 0 aromatic carbocycles. The monoisotopic (exact) mass is 182 g/mol. The van der Waals surface area contributed by atoms with Gasteiger partial charge in [-0.25, -0.2) is 0 Å². The predicted octanol–water partition coefficient (Wildman–Crippen LogP) is -1.23. The van der Waals surface area contributed by atoms with E-state index in [0.717, 1.165) is 19.3 Å². The van der Waals surface area contributed by atoms with E-state index in [2.05, 4.69) is 11.7 Å². The molecule has 66 valence electrons. The minimum absolute atomic E-state index is 0. The van der Waals surface area contributed by atoms with Gasteiger partial charge in [-0.2, -0.15) is 0 Å². The molecule has 0 saturated heterocycles. The number of esters is 2. The molecular weight excluding hydrogens is 167 g/mol. The first kappa shape index (κ1) is 14.7. The van der Waals surface area contributed by atoms with E-state index >= 15 is 0 Å². The van der Waals surface area contributed by atoms with E-state index in [-0.39, 0.29) is 31.0 Å². The van der Waals surface area contributed by atoms with Crippen molar-refractivity contribution in [2.45, 2.75) is 39.5 Å². The summed E-state index contributed by atoms with van der Waals surface area (Å²) < 4.78 is 4.32. The molecule has 0 aromatic heterocycles. The van der Waals surface area contributed by atoms with Crippen LogP contribution >= 0.6 is 0 Å². The molecule has 0 aliphatic rings. The van der Waals surface area contributed by atoms with Crippen LogP contribution in [0, 0.1) is 0 Å². The minimum Gasteiger partial charge on any atom is -1.00 e. The topological polar surface area (TPSA) is 43.4 Å². The molecule has 0 heterocycles. The number of carbonyl (C=O) groups is 2. The summed E-state index contributed by atoms with van der Waals surface area (Å²) in [4.78, 5) is 20.9. The molecule has 4 heteroatoms. The van der Waals surface area contributed by atoms with Gasteiger partial charge in [0.05, 0.1) is 0 Å². The van der Waals surface area contributed by atoms with Gasteiger partial charge in [-0.3, -0.25) is 9.59 Å². The van der Waals surface area contributed by atoms with Crippen LogP contribution in [0.25, 0.3) is 0 Å². The maximum absolute atomic E-state index is 10.7. The third-order valence-corrected chi connectivity index (χ3v) is 1.24. The number of ether oxygens (including phenoxy) is 1. The van der Waals surface area contributed by atoms with Crippen LogP contribution in [0.5, 0.6) is 0 Å². The fourth-order valence-corrected chi connectivity index (χ4v) is 0.731. The van der Waals surface area contributed by atoms with Crippen LogP contribution in [0.2, 0.25) is 0 Å². The molecule has 0 fully saturated rings. The normalized spacial score (nSPS) is 8.50. The van der Waals surface area contributed by atoms with Gasteiger partial charge in [0, 0.05) is 13.3 Å². The molecule has 0 spiro atoms. The van der Waals surface area contributed by atoms with Gasteiger partial charge in [-0.05, 0) is 6.42 Å². The van der Waals surface area contributed by atoms with Crippen LogP contribution in [0.4, 0.5) is 0 Å². The zero-order chi connectivity index (χ0) is 8.69. The Kier molecular flexibility index (Phi) is 11.3. The summed E-state index contributed by atoms with van der Waals surface area (Å²) in [6.45, 7) is 3.29. The van der Waals surface area contributed by atoms with Gasteiger partial charge in [0.25, 0.3) is 0 Å². The van der Waals surface area contributed by atoms with Gasteiger partial charge in [0.1, 0.15) is 0 Å². The fraction of sp³-hybridized carbons (Fsp3) is 0.750. The van der Waals surface area contributed by atoms with Crippen molar-refractivity contribution in [1.29, 1.82) is 0 Å². The van der Waals surface area contributed by atoms with E-state index < -0.39 is 11.9 Å². The molecule has 12 heavy (non-hydrogen) atoms. The number of hydrogen-bond acceptors (Lipinski definition) is 3. The van der Waals surface area contributed by atoms with Gasteiger partial charge >= 0.3 is 41.5 Å². The first-order valence-electron chi connectivity index (χ1n) is 3.88. The molecule has 3 nitrogen and oxygen atoms in total. The number of unbranched alkanes of at least 4 members (excludes halogenated alkanes) is 2. The first-order valence-corrected chi connectivity index (χ1v) is 3.88. The average molecular weight is 182 g/mol. The second kappa shape index (κ2) is 9.23. The number of rotatable bonds is 4. The summed E-state index contributed by atoms with van der Waals surface area (Å²) in [6.07, 6.45) is 3.23. The van der Waals surface area contributed by atoms with Gasteiger partial charge in [0.15, 0.2) is 0 Å². The van der Waals surface area contributed by atoms with E-state index in [9.17, 15) is 9.59 Å². The van der Waals surface area contributed by atoms with Crippen molar-refractivity contribution >= 4 is 11.9 Å². The molecule has 0 unspecified atom stereocenters. The van der Waals surface area contributed by atoms with Gasteiger partial charge in [-0.1, -0.05) is 19.8 Å². The van der Waals surface area contributed by atoms with Crippen molar-refractivity contribution in [1.82, 2.24) is 0 Å². The van der Waals surface area contributed by atoms with Crippen LogP contribution in [-0.2, 0) is 14.3 Å². The Morgan fingerprint density at radius 1 is 1.33 bits per heavy atom. The Hall–Kier alpha value is 0.140. The minimum atomic E-state index is -0.522. The number of hydrogen-bond donors (Lipinski definition) is 0. The van der Waals surface area contributed by atoms with Crippen LogP contribution in [0.15, 0.2) is 0 Å². The molecule has 0 saturated carbocycles. The van der Waals surface area contributed by atoms with E-state index in [0.29, 0.717) is 6.42 Å². The summed E-state index contributed by atoms with van der Waals surface area (Å²) in [6, 6.07) is 0. The third kappa shape index (κ3) is 10.1. The first-order chi connectivity index (χ1) is 5.16. The third-order valence-electron chi connectivity index (χ3n) is 1.24. The van der Waals surface area contributed by atoms with Gasteiger partial charge in [-0.15, -0.1) is 0 Å². The van der Waals surface area contributed by atoms with Crippen molar-refractivity contribution in [3.8, 4) is 0 Å². The summed E-state index contributed by atoms with van der Waals surface area (Å²) >= 11 is 0. The second-order valence-corrected chi connectivity index (χ2v) is 2.42.